The molecule has 2 rings (SSSR count). The Labute approximate surface area is 87.8 Å². The summed E-state index contributed by atoms with van der Waals surface area (Å²) in [5.41, 5.74) is 6.47. The van der Waals surface area contributed by atoms with Gasteiger partial charge in [-0.05, 0) is 51.0 Å². The Balaban J connectivity index is 1.94. The third-order valence-electron chi connectivity index (χ3n) is 4.59. The van der Waals surface area contributed by atoms with Crippen molar-refractivity contribution in [1.82, 2.24) is 4.90 Å². The molecule has 2 aliphatic rings. The van der Waals surface area contributed by atoms with Crippen LogP contribution in [-0.2, 0) is 0 Å². The predicted molar refractivity (Wildman–Crippen MR) is 60.1 cm³/mol. The maximum Gasteiger partial charge on any atom is 0.0246 e. The molecule has 2 unspecified atom stereocenters. The van der Waals surface area contributed by atoms with Crippen LogP contribution in [0.2, 0.25) is 0 Å². The van der Waals surface area contributed by atoms with Crippen molar-refractivity contribution in [1.29, 1.82) is 0 Å². The summed E-state index contributed by atoms with van der Waals surface area (Å²) in [5.74, 6) is 0.898. The maximum atomic E-state index is 5.87. The largest absolute Gasteiger partial charge is 0.329 e. The first kappa shape index (κ1) is 10.4. The van der Waals surface area contributed by atoms with E-state index >= 15 is 0 Å². The first-order chi connectivity index (χ1) is 6.58. The fourth-order valence-electron chi connectivity index (χ4n) is 2.57. The van der Waals surface area contributed by atoms with Gasteiger partial charge in [-0.25, -0.2) is 0 Å². The molecule has 0 amide bonds. The van der Waals surface area contributed by atoms with Crippen LogP contribution in [-0.4, -0.2) is 30.6 Å². The number of nitrogens with two attached hydrogens (primary N) is 1. The normalized spacial score (nSPS) is 28.9. The van der Waals surface area contributed by atoms with Crippen LogP contribution in [0.3, 0.4) is 0 Å². The van der Waals surface area contributed by atoms with E-state index in [2.05, 4.69) is 25.8 Å². The molecule has 2 fully saturated rings. The van der Waals surface area contributed by atoms with Gasteiger partial charge in [-0.2, -0.15) is 0 Å². The zero-order chi connectivity index (χ0) is 10.3. The highest BCUT2D eigenvalue weighted by molar-refractivity contribution is 5.00. The number of rotatable bonds is 5. The van der Waals surface area contributed by atoms with Crippen LogP contribution < -0.4 is 5.73 Å². The molecule has 0 aromatic heterocycles. The minimum absolute atomic E-state index is 0.594. The molecule has 0 aromatic rings. The fourth-order valence-corrected chi connectivity index (χ4v) is 2.57. The lowest BCUT2D eigenvalue weighted by Crippen LogP contribution is -2.47. The van der Waals surface area contributed by atoms with Crippen molar-refractivity contribution in [3.8, 4) is 0 Å². The highest BCUT2D eigenvalue weighted by Crippen LogP contribution is 2.50. The molecule has 0 aromatic carbocycles. The predicted octanol–water partition coefficient (Wildman–Crippen LogP) is 1.84. The van der Waals surface area contributed by atoms with E-state index in [1.54, 1.807) is 0 Å². The lowest BCUT2D eigenvalue weighted by molar-refractivity contribution is 0.121. The summed E-state index contributed by atoms with van der Waals surface area (Å²) in [6.45, 7) is 5.62. The molecule has 2 nitrogen and oxygen atoms in total. The average molecular weight is 196 g/mol. The first-order valence-electron chi connectivity index (χ1n) is 6.00. The van der Waals surface area contributed by atoms with Gasteiger partial charge in [0.15, 0.2) is 0 Å². The van der Waals surface area contributed by atoms with Crippen molar-refractivity contribution in [3.05, 3.63) is 0 Å². The minimum Gasteiger partial charge on any atom is -0.329 e. The standard InChI is InChI=1S/C12H24N2/c1-9(12(2)6-7-12)14(3)11(8-13)10-4-5-10/h9-11H,4-8,13H2,1-3H3. The van der Waals surface area contributed by atoms with Crippen molar-refractivity contribution in [2.45, 2.75) is 51.6 Å². The van der Waals surface area contributed by atoms with Crippen LogP contribution in [0.5, 0.6) is 0 Å². The first-order valence-corrected chi connectivity index (χ1v) is 6.00. The summed E-state index contributed by atoms with van der Waals surface area (Å²) in [6.07, 6.45) is 5.60. The Bertz CT molecular complexity index is 204. The molecule has 2 saturated carbocycles. The second-order valence-electron chi connectivity index (χ2n) is 5.64. The molecular formula is C12H24N2. The smallest absolute Gasteiger partial charge is 0.0246 e. The molecule has 2 aliphatic carbocycles. The van der Waals surface area contributed by atoms with Crippen molar-refractivity contribution < 1.29 is 0 Å². The van der Waals surface area contributed by atoms with Gasteiger partial charge in [0.2, 0.25) is 0 Å². The molecule has 0 bridgehead atoms. The summed E-state index contributed by atoms with van der Waals surface area (Å²) >= 11 is 0. The molecule has 2 heteroatoms. The summed E-state index contributed by atoms with van der Waals surface area (Å²) in [4.78, 5) is 2.55. The van der Waals surface area contributed by atoms with Crippen LogP contribution >= 0.6 is 0 Å². The van der Waals surface area contributed by atoms with Gasteiger partial charge in [-0.15, -0.1) is 0 Å². The molecule has 0 saturated heterocycles. The molecule has 0 spiro atoms. The maximum absolute atomic E-state index is 5.87. The fraction of sp³-hybridized carbons (Fsp3) is 1.00. The second-order valence-corrected chi connectivity index (χ2v) is 5.64. The van der Waals surface area contributed by atoms with Gasteiger partial charge in [-0.3, -0.25) is 4.90 Å². The summed E-state index contributed by atoms with van der Waals surface area (Å²) in [7, 11) is 2.27. The summed E-state index contributed by atoms with van der Waals surface area (Å²) < 4.78 is 0. The van der Waals surface area contributed by atoms with E-state index in [-0.39, 0.29) is 0 Å². The Morgan fingerprint density at radius 1 is 1.43 bits per heavy atom. The Kier molecular flexibility index (Phi) is 2.61. The quantitative estimate of drug-likeness (QED) is 0.727. The number of likely N-dealkylation sites (N-methyl/N-ethyl adjacent to an activating group) is 1. The van der Waals surface area contributed by atoms with Gasteiger partial charge < -0.3 is 5.73 Å². The molecule has 0 heterocycles. The van der Waals surface area contributed by atoms with Crippen LogP contribution in [0.15, 0.2) is 0 Å². The lowest BCUT2D eigenvalue weighted by atomic mass is 9.97. The topological polar surface area (TPSA) is 29.3 Å². The van der Waals surface area contributed by atoms with Gasteiger partial charge in [0, 0.05) is 18.6 Å². The summed E-state index contributed by atoms with van der Waals surface area (Å²) in [6, 6.07) is 1.35. The number of hydrogen-bond donors (Lipinski definition) is 1. The highest BCUT2D eigenvalue weighted by Gasteiger charge is 2.46. The van der Waals surface area contributed by atoms with Crippen LogP contribution in [0, 0.1) is 11.3 Å². The van der Waals surface area contributed by atoms with E-state index in [0.29, 0.717) is 17.5 Å². The average Bonchev–Trinajstić information content (AvgIpc) is 3.02. The molecular weight excluding hydrogens is 172 g/mol. The Morgan fingerprint density at radius 3 is 2.36 bits per heavy atom. The molecule has 14 heavy (non-hydrogen) atoms. The van der Waals surface area contributed by atoms with E-state index in [1.165, 1.54) is 25.7 Å². The monoisotopic (exact) mass is 196 g/mol. The zero-order valence-corrected chi connectivity index (χ0v) is 9.79. The third kappa shape index (κ3) is 1.82. The molecule has 0 radical (unpaired) electrons. The van der Waals surface area contributed by atoms with Crippen molar-refractivity contribution in [2.24, 2.45) is 17.1 Å². The molecule has 2 atom stereocenters. The van der Waals surface area contributed by atoms with E-state index in [1.807, 2.05) is 0 Å². The minimum atomic E-state index is 0.594. The Morgan fingerprint density at radius 2 is 2.00 bits per heavy atom. The molecule has 82 valence electrons. The van der Waals surface area contributed by atoms with E-state index in [0.717, 1.165) is 12.5 Å². The molecule has 2 N–H and O–H groups in total. The lowest BCUT2D eigenvalue weighted by Gasteiger charge is -2.36. The summed E-state index contributed by atoms with van der Waals surface area (Å²) in [5, 5.41) is 0. The molecule has 0 aliphatic heterocycles. The van der Waals surface area contributed by atoms with Crippen LogP contribution in [0.1, 0.15) is 39.5 Å². The van der Waals surface area contributed by atoms with Gasteiger partial charge in [-0.1, -0.05) is 6.92 Å². The zero-order valence-electron chi connectivity index (χ0n) is 9.79. The Hall–Kier alpha value is -0.0800. The van der Waals surface area contributed by atoms with Crippen LogP contribution in [0.4, 0.5) is 0 Å². The third-order valence-corrected chi connectivity index (χ3v) is 4.59. The van der Waals surface area contributed by atoms with Gasteiger partial charge in [0.1, 0.15) is 0 Å². The van der Waals surface area contributed by atoms with E-state index in [4.69, 9.17) is 5.73 Å². The van der Waals surface area contributed by atoms with Gasteiger partial charge >= 0.3 is 0 Å². The highest BCUT2D eigenvalue weighted by atomic mass is 15.2. The van der Waals surface area contributed by atoms with Crippen molar-refractivity contribution >= 4 is 0 Å². The van der Waals surface area contributed by atoms with Gasteiger partial charge in [0.05, 0.1) is 0 Å². The van der Waals surface area contributed by atoms with Gasteiger partial charge in [0.25, 0.3) is 0 Å². The van der Waals surface area contributed by atoms with Crippen molar-refractivity contribution in [2.75, 3.05) is 13.6 Å². The number of nitrogens with zero attached hydrogens (tertiary/aromatic N) is 1. The van der Waals surface area contributed by atoms with Crippen LogP contribution in [0.25, 0.3) is 0 Å². The SMILES string of the molecule is CC(N(C)C(CN)C1CC1)C1(C)CC1. The van der Waals surface area contributed by atoms with E-state index in [9.17, 15) is 0 Å². The van der Waals surface area contributed by atoms with E-state index < -0.39 is 0 Å². The number of hydrogen-bond acceptors (Lipinski definition) is 2. The van der Waals surface area contributed by atoms with Crippen molar-refractivity contribution in [3.63, 3.8) is 0 Å². The second kappa shape index (κ2) is 3.49.